The van der Waals surface area contributed by atoms with Crippen LogP contribution in [0, 0.1) is 0 Å². The summed E-state index contributed by atoms with van der Waals surface area (Å²) < 4.78 is 19.6. The summed E-state index contributed by atoms with van der Waals surface area (Å²) in [6.45, 7) is 16.7. The standard InChI is InChI=1S/C15H20O4.C10H18O.C9H10O4.CH4/c1-6-9(2)7-8-11-10(3)12(16)14(18-4)15(19-5)13(11)17;1-5-10(4,11)8-6-7-9(2)3;1-5-4-6(10)8(12-2)9(13-3)7(5)11;/h7H,6,8H2,1-5H3;5,7,11H,1,6,8H2,2-4H3;4H,1-3H3;1H4/b9-7+;;;. The van der Waals surface area contributed by atoms with Crippen molar-refractivity contribution in [2.24, 2.45) is 0 Å². The summed E-state index contributed by atoms with van der Waals surface area (Å²) in [6, 6.07) is 0. The number of ether oxygens (including phenoxy) is 4. The van der Waals surface area contributed by atoms with Crippen LogP contribution in [-0.4, -0.2) is 62.3 Å². The van der Waals surface area contributed by atoms with Gasteiger partial charge in [-0.3, -0.25) is 19.2 Å². The fourth-order valence-electron chi connectivity index (χ4n) is 3.71. The normalized spacial score (nSPS) is 16.4. The lowest BCUT2D eigenvalue weighted by Crippen LogP contribution is -2.24. The second-order valence-corrected chi connectivity index (χ2v) is 10.4. The Labute approximate surface area is 263 Å². The van der Waals surface area contributed by atoms with Crippen LogP contribution < -0.4 is 0 Å². The average molecular weight is 617 g/mol. The first-order valence-corrected chi connectivity index (χ1v) is 13.9. The van der Waals surface area contributed by atoms with Gasteiger partial charge in [-0.15, -0.1) is 6.58 Å². The molecule has 0 radical (unpaired) electrons. The van der Waals surface area contributed by atoms with Crippen LogP contribution in [0.3, 0.4) is 0 Å². The largest absolute Gasteiger partial charge is 0.490 e. The van der Waals surface area contributed by atoms with Crippen LogP contribution in [-0.2, 0) is 38.1 Å². The van der Waals surface area contributed by atoms with E-state index in [1.807, 2.05) is 19.9 Å². The molecule has 0 amide bonds. The van der Waals surface area contributed by atoms with Crippen molar-refractivity contribution in [3.63, 3.8) is 0 Å². The molecule has 2 aliphatic rings. The number of allylic oxidation sites excluding steroid dienone is 8. The number of rotatable bonds is 11. The van der Waals surface area contributed by atoms with Gasteiger partial charge in [0.1, 0.15) is 0 Å². The molecular formula is C35H52O9. The maximum atomic E-state index is 12.3. The molecule has 0 saturated heterocycles. The van der Waals surface area contributed by atoms with E-state index < -0.39 is 5.60 Å². The zero-order valence-corrected chi connectivity index (χ0v) is 27.6. The van der Waals surface area contributed by atoms with Crippen LogP contribution in [0.15, 0.2) is 81.8 Å². The molecule has 44 heavy (non-hydrogen) atoms. The summed E-state index contributed by atoms with van der Waals surface area (Å²) in [5.74, 6) is -1.25. The number of hydrogen-bond acceptors (Lipinski definition) is 9. The fourth-order valence-corrected chi connectivity index (χ4v) is 3.71. The second kappa shape index (κ2) is 20.1. The summed E-state index contributed by atoms with van der Waals surface area (Å²) in [6.07, 6.45) is 9.95. The lowest BCUT2D eigenvalue weighted by atomic mass is 9.90. The molecule has 0 fully saturated rings. The third-order valence-corrected chi connectivity index (χ3v) is 6.70. The van der Waals surface area contributed by atoms with E-state index in [0.29, 0.717) is 23.1 Å². The Kier molecular flexibility index (Phi) is 19.2. The fraction of sp³-hybridized carbons (Fsp3) is 0.486. The molecule has 1 atom stereocenters. The monoisotopic (exact) mass is 616 g/mol. The molecule has 0 aromatic heterocycles. The van der Waals surface area contributed by atoms with Gasteiger partial charge in [0.2, 0.25) is 46.2 Å². The number of methoxy groups -OCH3 is 4. The van der Waals surface area contributed by atoms with E-state index in [1.54, 1.807) is 26.8 Å². The Balaban J connectivity index is 0. The van der Waals surface area contributed by atoms with Gasteiger partial charge in [-0.2, -0.15) is 0 Å². The first-order chi connectivity index (χ1) is 20.1. The molecule has 0 aromatic carbocycles. The molecule has 0 aliphatic heterocycles. The smallest absolute Gasteiger partial charge is 0.228 e. The molecule has 9 heteroatoms. The molecule has 246 valence electrons. The van der Waals surface area contributed by atoms with Gasteiger partial charge in [-0.1, -0.05) is 43.7 Å². The SMILES string of the molecule is C.C=CC(C)(O)CCC=C(C)C.CC/C(C)=C/CC1=C(C)C(=O)C(OC)=C(OC)C1=O.COC1=C(OC)C(=O)C(C)=CC1=O. The van der Waals surface area contributed by atoms with Gasteiger partial charge in [0, 0.05) is 16.7 Å². The van der Waals surface area contributed by atoms with E-state index in [1.165, 1.54) is 45.7 Å². The van der Waals surface area contributed by atoms with Crippen molar-refractivity contribution >= 4 is 23.1 Å². The van der Waals surface area contributed by atoms with Crippen LogP contribution >= 0.6 is 0 Å². The van der Waals surface area contributed by atoms with Gasteiger partial charge in [0.05, 0.1) is 34.0 Å². The lowest BCUT2D eigenvalue weighted by molar-refractivity contribution is -0.121. The van der Waals surface area contributed by atoms with Crippen molar-refractivity contribution in [3.8, 4) is 0 Å². The van der Waals surface area contributed by atoms with E-state index in [0.717, 1.165) is 19.3 Å². The zero-order chi connectivity index (χ0) is 33.5. The highest BCUT2D eigenvalue weighted by Crippen LogP contribution is 2.28. The van der Waals surface area contributed by atoms with Crippen molar-refractivity contribution < 1.29 is 43.2 Å². The van der Waals surface area contributed by atoms with Crippen LogP contribution in [0.4, 0.5) is 0 Å². The average Bonchev–Trinajstić information content (AvgIpc) is 2.96. The van der Waals surface area contributed by atoms with E-state index in [9.17, 15) is 24.3 Å². The van der Waals surface area contributed by atoms with Crippen molar-refractivity contribution in [1.29, 1.82) is 0 Å². The lowest BCUT2D eigenvalue weighted by Gasteiger charge is -2.19. The van der Waals surface area contributed by atoms with Crippen LogP contribution in [0.25, 0.3) is 0 Å². The molecule has 2 rings (SSSR count). The van der Waals surface area contributed by atoms with Gasteiger partial charge in [0.25, 0.3) is 0 Å². The Morgan fingerprint density at radius 1 is 0.841 bits per heavy atom. The molecule has 0 saturated carbocycles. The summed E-state index contributed by atoms with van der Waals surface area (Å²) in [7, 11) is 5.38. The van der Waals surface area contributed by atoms with E-state index in [4.69, 9.17) is 18.9 Å². The number of aliphatic hydroxyl groups is 1. The molecule has 0 bridgehead atoms. The number of carbonyl (C=O) groups excluding carboxylic acids is 4. The third-order valence-electron chi connectivity index (χ3n) is 6.70. The molecule has 1 unspecified atom stereocenters. The molecule has 1 N–H and O–H groups in total. The Hall–Kier alpha value is -3.98. The van der Waals surface area contributed by atoms with Crippen molar-refractivity contribution in [2.45, 2.75) is 87.2 Å². The third kappa shape index (κ3) is 12.3. The highest BCUT2D eigenvalue weighted by molar-refractivity contribution is 6.23. The van der Waals surface area contributed by atoms with Crippen molar-refractivity contribution in [3.05, 3.63) is 81.8 Å². The van der Waals surface area contributed by atoms with Crippen LogP contribution in [0.2, 0.25) is 0 Å². The van der Waals surface area contributed by atoms with Crippen molar-refractivity contribution in [2.75, 3.05) is 28.4 Å². The van der Waals surface area contributed by atoms with E-state index in [-0.39, 0.29) is 53.6 Å². The number of hydrogen-bond donors (Lipinski definition) is 1. The predicted molar refractivity (Wildman–Crippen MR) is 173 cm³/mol. The van der Waals surface area contributed by atoms with Crippen molar-refractivity contribution in [1.82, 2.24) is 0 Å². The minimum absolute atomic E-state index is 0. The molecule has 2 aliphatic carbocycles. The maximum absolute atomic E-state index is 12.3. The minimum Gasteiger partial charge on any atom is -0.490 e. The maximum Gasteiger partial charge on any atom is 0.228 e. The zero-order valence-electron chi connectivity index (χ0n) is 27.6. The highest BCUT2D eigenvalue weighted by Gasteiger charge is 2.34. The summed E-state index contributed by atoms with van der Waals surface area (Å²) in [5.41, 5.74) is 3.05. The molecule has 0 aromatic rings. The molecule has 0 spiro atoms. The number of carbonyl (C=O) groups is 4. The molecular weight excluding hydrogens is 564 g/mol. The quantitative estimate of drug-likeness (QED) is 0.202. The van der Waals surface area contributed by atoms with Gasteiger partial charge in [-0.25, -0.2) is 0 Å². The summed E-state index contributed by atoms with van der Waals surface area (Å²) >= 11 is 0. The number of Topliss-reactive ketones (excluding diaryl/α,β-unsaturated/α-hetero) is 3. The van der Waals surface area contributed by atoms with Crippen LogP contribution in [0.1, 0.15) is 81.6 Å². The highest BCUT2D eigenvalue weighted by atomic mass is 16.5. The predicted octanol–water partition coefficient (Wildman–Crippen LogP) is 6.60. The topological polar surface area (TPSA) is 125 Å². The molecule has 9 nitrogen and oxygen atoms in total. The minimum atomic E-state index is -0.702. The first-order valence-electron chi connectivity index (χ1n) is 13.9. The summed E-state index contributed by atoms with van der Waals surface area (Å²) in [4.78, 5) is 47.0. The van der Waals surface area contributed by atoms with Crippen LogP contribution in [0.5, 0.6) is 0 Å². The Bertz CT molecular complexity index is 1260. The van der Waals surface area contributed by atoms with E-state index in [2.05, 4.69) is 26.5 Å². The Morgan fingerprint density at radius 2 is 1.32 bits per heavy atom. The van der Waals surface area contributed by atoms with Gasteiger partial charge in [-0.05, 0) is 73.3 Å². The van der Waals surface area contributed by atoms with Gasteiger partial charge >= 0.3 is 0 Å². The van der Waals surface area contributed by atoms with Gasteiger partial charge in [0.15, 0.2) is 0 Å². The molecule has 0 heterocycles. The second-order valence-electron chi connectivity index (χ2n) is 10.4. The first kappa shape index (κ1) is 42.2. The number of ketones is 4. The summed E-state index contributed by atoms with van der Waals surface area (Å²) in [5, 5.41) is 9.49. The Morgan fingerprint density at radius 3 is 1.75 bits per heavy atom. The van der Waals surface area contributed by atoms with Gasteiger partial charge < -0.3 is 24.1 Å². The van der Waals surface area contributed by atoms with E-state index >= 15 is 0 Å².